The number of carbonyl (C=O) groups is 1. The lowest BCUT2D eigenvalue weighted by atomic mass is 10.3. The third-order valence-electron chi connectivity index (χ3n) is 3.10. The first-order chi connectivity index (χ1) is 11.0. The Kier molecular flexibility index (Phi) is 4.36. The second kappa shape index (κ2) is 6.44. The highest BCUT2D eigenvalue weighted by atomic mass is 35.5. The van der Waals surface area contributed by atoms with Gasteiger partial charge in [-0.2, -0.15) is 0 Å². The summed E-state index contributed by atoms with van der Waals surface area (Å²) >= 11 is 7.14. The highest BCUT2D eigenvalue weighted by Gasteiger charge is 2.09. The van der Waals surface area contributed by atoms with Crippen LogP contribution in [0.5, 0.6) is 0 Å². The van der Waals surface area contributed by atoms with Gasteiger partial charge in [-0.05, 0) is 43.3 Å². The van der Waals surface area contributed by atoms with Gasteiger partial charge >= 0.3 is 0 Å². The van der Waals surface area contributed by atoms with Crippen LogP contribution in [-0.2, 0) is 11.3 Å². The van der Waals surface area contributed by atoms with Crippen molar-refractivity contribution >= 4 is 44.6 Å². The fourth-order valence-electron chi connectivity index (χ4n) is 2.08. The molecule has 0 saturated heterocycles. The minimum Gasteiger partial charge on any atom is -0.298 e. The third kappa shape index (κ3) is 3.38. The maximum atomic E-state index is 12.6. The first-order valence-corrected chi connectivity index (χ1v) is 8.02. The molecule has 2 aromatic heterocycles. The predicted octanol–water partition coefficient (Wildman–Crippen LogP) is 2.93. The molecular formula is C16H12ClN3O2S. The minimum atomic E-state index is -0.269. The van der Waals surface area contributed by atoms with Crippen molar-refractivity contribution in [2.75, 3.05) is 0 Å². The molecule has 0 bridgehead atoms. The van der Waals surface area contributed by atoms with E-state index in [4.69, 9.17) is 11.6 Å². The molecule has 0 aliphatic rings. The van der Waals surface area contributed by atoms with Crippen LogP contribution in [0, 0.1) is 0 Å². The second-order valence-electron chi connectivity index (χ2n) is 4.92. The van der Waals surface area contributed by atoms with Crippen LogP contribution in [0.4, 0.5) is 5.69 Å². The van der Waals surface area contributed by atoms with Gasteiger partial charge < -0.3 is 0 Å². The zero-order chi connectivity index (χ0) is 16.4. The standard InChI is InChI=1S/C16H12ClN3O2S/c1-10(21)9-20-15(22)13-3-2-8-18-14(13)23-16(20)19-12-6-4-11(17)5-7-12/h2-8H,9H2,1H3/b19-16-. The second-order valence-corrected chi connectivity index (χ2v) is 6.31. The van der Waals surface area contributed by atoms with E-state index in [0.717, 1.165) is 0 Å². The van der Waals surface area contributed by atoms with Crippen LogP contribution in [0.25, 0.3) is 10.2 Å². The van der Waals surface area contributed by atoms with Gasteiger partial charge in [0.25, 0.3) is 5.56 Å². The van der Waals surface area contributed by atoms with E-state index in [1.807, 2.05) is 0 Å². The Bertz CT molecular complexity index is 1010. The van der Waals surface area contributed by atoms with Gasteiger partial charge in [0.15, 0.2) is 4.80 Å². The highest BCUT2D eigenvalue weighted by molar-refractivity contribution is 7.15. The molecule has 0 saturated carbocycles. The molecule has 0 spiro atoms. The Labute approximate surface area is 140 Å². The lowest BCUT2D eigenvalue weighted by molar-refractivity contribution is -0.117. The highest BCUT2D eigenvalue weighted by Crippen LogP contribution is 2.16. The molecule has 7 heteroatoms. The topological polar surface area (TPSA) is 64.3 Å². The number of carbonyl (C=O) groups excluding carboxylic acids is 1. The number of benzene rings is 1. The van der Waals surface area contributed by atoms with Gasteiger partial charge in [0.2, 0.25) is 0 Å². The number of rotatable bonds is 3. The summed E-state index contributed by atoms with van der Waals surface area (Å²) in [4.78, 5) is 33.9. The van der Waals surface area contributed by atoms with Crippen molar-refractivity contribution < 1.29 is 4.79 Å². The van der Waals surface area contributed by atoms with E-state index in [1.165, 1.54) is 22.8 Å². The molecule has 0 N–H and O–H groups in total. The molecule has 5 nitrogen and oxygen atoms in total. The molecule has 0 aliphatic carbocycles. The van der Waals surface area contributed by atoms with Crippen molar-refractivity contribution in [3.8, 4) is 0 Å². The minimum absolute atomic E-state index is 0.0212. The summed E-state index contributed by atoms with van der Waals surface area (Å²) in [7, 11) is 0. The number of hydrogen-bond acceptors (Lipinski definition) is 5. The van der Waals surface area contributed by atoms with Gasteiger partial charge in [-0.1, -0.05) is 22.9 Å². The van der Waals surface area contributed by atoms with Crippen molar-refractivity contribution in [1.82, 2.24) is 9.55 Å². The molecule has 0 amide bonds. The molecule has 0 radical (unpaired) electrons. The number of halogens is 1. The summed E-state index contributed by atoms with van der Waals surface area (Å²) in [6, 6.07) is 10.3. The lowest BCUT2D eigenvalue weighted by Crippen LogP contribution is -2.34. The molecule has 23 heavy (non-hydrogen) atoms. The Morgan fingerprint density at radius 2 is 2.04 bits per heavy atom. The van der Waals surface area contributed by atoms with E-state index < -0.39 is 0 Å². The molecule has 3 aromatic rings. The predicted molar refractivity (Wildman–Crippen MR) is 91.2 cm³/mol. The van der Waals surface area contributed by atoms with Gasteiger partial charge in [-0.15, -0.1) is 0 Å². The van der Waals surface area contributed by atoms with Crippen molar-refractivity contribution in [3.63, 3.8) is 0 Å². The zero-order valence-corrected chi connectivity index (χ0v) is 13.8. The SMILES string of the molecule is CC(=O)Cn1c(=O)c2cccnc2s/c1=N\c1ccc(Cl)cc1. The third-order valence-corrected chi connectivity index (χ3v) is 4.36. The molecule has 116 valence electrons. The van der Waals surface area contributed by atoms with Crippen molar-refractivity contribution in [2.24, 2.45) is 4.99 Å². The van der Waals surface area contributed by atoms with Crippen LogP contribution in [-0.4, -0.2) is 15.3 Å². The van der Waals surface area contributed by atoms with Gasteiger partial charge in [-0.25, -0.2) is 9.98 Å². The van der Waals surface area contributed by atoms with E-state index in [0.29, 0.717) is 25.7 Å². The van der Waals surface area contributed by atoms with Gasteiger partial charge in [0.1, 0.15) is 10.6 Å². The first kappa shape index (κ1) is 15.6. The van der Waals surface area contributed by atoms with E-state index in [-0.39, 0.29) is 17.9 Å². The summed E-state index contributed by atoms with van der Waals surface area (Å²) in [5.74, 6) is -0.116. The lowest BCUT2D eigenvalue weighted by Gasteiger charge is -2.05. The molecule has 0 aliphatic heterocycles. The fourth-order valence-corrected chi connectivity index (χ4v) is 3.17. The summed E-state index contributed by atoms with van der Waals surface area (Å²) in [5.41, 5.74) is 0.382. The molecule has 2 heterocycles. The number of nitrogens with zero attached hydrogens (tertiary/aromatic N) is 3. The van der Waals surface area contributed by atoms with Crippen molar-refractivity contribution in [3.05, 3.63) is 62.8 Å². The van der Waals surface area contributed by atoms with Crippen molar-refractivity contribution in [2.45, 2.75) is 13.5 Å². The summed E-state index contributed by atoms with van der Waals surface area (Å²) in [5, 5.41) is 1.09. The normalized spacial score (nSPS) is 11.8. The monoisotopic (exact) mass is 345 g/mol. The van der Waals surface area contributed by atoms with Crippen LogP contribution in [0.3, 0.4) is 0 Å². The van der Waals surface area contributed by atoms with E-state index in [9.17, 15) is 9.59 Å². The first-order valence-electron chi connectivity index (χ1n) is 6.83. The van der Waals surface area contributed by atoms with E-state index in [1.54, 1.807) is 42.6 Å². The number of hydrogen-bond donors (Lipinski definition) is 0. The van der Waals surface area contributed by atoms with Crippen LogP contribution in [0.15, 0.2) is 52.4 Å². The Morgan fingerprint density at radius 1 is 1.30 bits per heavy atom. The number of Topliss-reactive ketones (excluding diaryl/α,β-unsaturated/α-hetero) is 1. The van der Waals surface area contributed by atoms with Crippen LogP contribution in [0.2, 0.25) is 5.02 Å². The number of ketones is 1. The average Bonchev–Trinajstić information content (AvgIpc) is 2.53. The Hall–Kier alpha value is -2.31. The van der Waals surface area contributed by atoms with E-state index in [2.05, 4.69) is 9.98 Å². The van der Waals surface area contributed by atoms with Gasteiger partial charge in [0.05, 0.1) is 17.6 Å². The van der Waals surface area contributed by atoms with E-state index >= 15 is 0 Å². The largest absolute Gasteiger partial charge is 0.298 e. The number of fused-ring (bicyclic) bond motifs is 1. The molecule has 0 unspecified atom stereocenters. The Morgan fingerprint density at radius 3 is 2.74 bits per heavy atom. The summed E-state index contributed by atoms with van der Waals surface area (Å²) in [6.45, 7) is 1.42. The molecular weight excluding hydrogens is 334 g/mol. The Balaban J connectivity index is 2.31. The van der Waals surface area contributed by atoms with Crippen LogP contribution >= 0.6 is 22.9 Å². The van der Waals surface area contributed by atoms with Crippen molar-refractivity contribution in [1.29, 1.82) is 0 Å². The average molecular weight is 346 g/mol. The summed E-state index contributed by atoms with van der Waals surface area (Å²) < 4.78 is 1.38. The molecule has 1 aromatic carbocycles. The maximum Gasteiger partial charge on any atom is 0.263 e. The fraction of sp³-hybridized carbons (Fsp3) is 0.125. The smallest absolute Gasteiger partial charge is 0.263 e. The molecule has 0 atom stereocenters. The zero-order valence-electron chi connectivity index (χ0n) is 12.2. The summed E-state index contributed by atoms with van der Waals surface area (Å²) in [6.07, 6.45) is 1.62. The maximum absolute atomic E-state index is 12.6. The molecule has 3 rings (SSSR count). The van der Waals surface area contributed by atoms with Gasteiger partial charge in [-0.3, -0.25) is 14.2 Å². The van der Waals surface area contributed by atoms with Crippen LogP contribution in [0.1, 0.15) is 6.92 Å². The van der Waals surface area contributed by atoms with Gasteiger partial charge in [0, 0.05) is 11.2 Å². The molecule has 0 fully saturated rings. The van der Waals surface area contributed by atoms with Crippen LogP contribution < -0.4 is 10.4 Å². The number of aromatic nitrogens is 2. The number of pyridine rings is 1. The quantitative estimate of drug-likeness (QED) is 0.733.